The smallest absolute Gasteiger partial charge is 0.223 e. The van der Waals surface area contributed by atoms with E-state index in [4.69, 9.17) is 0 Å². The van der Waals surface area contributed by atoms with Crippen LogP contribution < -0.4 is 5.32 Å². The SMILES string of the molecule is CCSCCNCCC(=O)N(CC)CC. The van der Waals surface area contributed by atoms with Crippen LogP contribution in [-0.2, 0) is 4.79 Å². The number of nitrogens with zero attached hydrogens (tertiary/aromatic N) is 1. The second kappa shape index (κ2) is 10.3. The van der Waals surface area contributed by atoms with Crippen LogP contribution in [0.25, 0.3) is 0 Å². The highest BCUT2D eigenvalue weighted by Gasteiger charge is 2.07. The van der Waals surface area contributed by atoms with E-state index in [0.717, 1.165) is 31.9 Å². The standard InChI is InChI=1S/C11H24N2OS/c1-4-13(5-2)11(14)7-8-12-9-10-15-6-3/h12H,4-10H2,1-3H3. The second-order valence-electron chi connectivity index (χ2n) is 3.26. The molecule has 0 saturated carbocycles. The Morgan fingerprint density at radius 1 is 1.20 bits per heavy atom. The molecule has 4 heteroatoms. The summed E-state index contributed by atoms with van der Waals surface area (Å²) in [4.78, 5) is 13.5. The van der Waals surface area contributed by atoms with Crippen LogP contribution in [0.1, 0.15) is 27.2 Å². The molecule has 0 aromatic heterocycles. The van der Waals surface area contributed by atoms with E-state index in [0.29, 0.717) is 6.42 Å². The second-order valence-corrected chi connectivity index (χ2v) is 4.66. The van der Waals surface area contributed by atoms with Crippen LogP contribution in [-0.4, -0.2) is 48.5 Å². The molecule has 0 aliphatic carbocycles. The molecule has 90 valence electrons. The van der Waals surface area contributed by atoms with Crippen molar-refractivity contribution in [2.45, 2.75) is 27.2 Å². The Labute approximate surface area is 98.0 Å². The predicted octanol–water partition coefficient (Wildman–Crippen LogP) is 1.59. The summed E-state index contributed by atoms with van der Waals surface area (Å²) in [5, 5.41) is 3.29. The molecule has 0 radical (unpaired) electrons. The maximum Gasteiger partial charge on any atom is 0.223 e. The van der Waals surface area contributed by atoms with Crippen molar-refractivity contribution in [1.29, 1.82) is 0 Å². The first kappa shape index (κ1) is 14.8. The van der Waals surface area contributed by atoms with Crippen LogP contribution in [0, 0.1) is 0 Å². The normalized spacial score (nSPS) is 10.3. The van der Waals surface area contributed by atoms with Gasteiger partial charge in [0.25, 0.3) is 0 Å². The van der Waals surface area contributed by atoms with Crippen molar-refractivity contribution in [3.05, 3.63) is 0 Å². The number of carbonyl (C=O) groups is 1. The molecule has 0 spiro atoms. The summed E-state index contributed by atoms with van der Waals surface area (Å²) in [7, 11) is 0. The molecule has 15 heavy (non-hydrogen) atoms. The average molecular weight is 232 g/mol. The van der Waals surface area contributed by atoms with Gasteiger partial charge in [-0.05, 0) is 19.6 Å². The van der Waals surface area contributed by atoms with Crippen LogP contribution in [0.4, 0.5) is 0 Å². The zero-order chi connectivity index (χ0) is 11.5. The maximum atomic E-state index is 11.6. The van der Waals surface area contributed by atoms with Gasteiger partial charge in [-0.15, -0.1) is 0 Å². The van der Waals surface area contributed by atoms with Crippen molar-refractivity contribution in [1.82, 2.24) is 10.2 Å². The molecular weight excluding hydrogens is 208 g/mol. The third-order valence-corrected chi connectivity index (χ3v) is 3.16. The summed E-state index contributed by atoms with van der Waals surface area (Å²) in [5.74, 6) is 2.56. The minimum atomic E-state index is 0.260. The largest absolute Gasteiger partial charge is 0.343 e. The Morgan fingerprint density at radius 3 is 2.40 bits per heavy atom. The molecule has 0 heterocycles. The van der Waals surface area contributed by atoms with E-state index < -0.39 is 0 Å². The Hall–Kier alpha value is -0.220. The minimum absolute atomic E-state index is 0.260. The molecule has 3 nitrogen and oxygen atoms in total. The summed E-state index contributed by atoms with van der Waals surface area (Å²) < 4.78 is 0. The van der Waals surface area contributed by atoms with Gasteiger partial charge >= 0.3 is 0 Å². The van der Waals surface area contributed by atoms with Gasteiger partial charge in [0, 0.05) is 38.4 Å². The fourth-order valence-corrected chi connectivity index (χ4v) is 1.92. The first-order valence-electron chi connectivity index (χ1n) is 5.82. The van der Waals surface area contributed by atoms with Crippen molar-refractivity contribution < 1.29 is 4.79 Å². The van der Waals surface area contributed by atoms with E-state index >= 15 is 0 Å². The molecule has 0 aromatic rings. The Kier molecular flexibility index (Phi) is 10.2. The molecule has 0 aliphatic heterocycles. The van der Waals surface area contributed by atoms with Crippen molar-refractivity contribution in [3.8, 4) is 0 Å². The number of thioether (sulfide) groups is 1. The molecule has 0 bridgehead atoms. The zero-order valence-electron chi connectivity index (χ0n) is 10.2. The topological polar surface area (TPSA) is 32.3 Å². The van der Waals surface area contributed by atoms with E-state index in [1.807, 2.05) is 30.5 Å². The number of rotatable bonds is 9. The van der Waals surface area contributed by atoms with Gasteiger partial charge in [0.05, 0.1) is 0 Å². The summed E-state index contributed by atoms with van der Waals surface area (Å²) in [5.41, 5.74) is 0. The number of nitrogens with one attached hydrogen (secondary N) is 1. The van der Waals surface area contributed by atoms with E-state index in [2.05, 4.69) is 12.2 Å². The molecule has 0 saturated heterocycles. The maximum absolute atomic E-state index is 11.6. The lowest BCUT2D eigenvalue weighted by molar-refractivity contribution is -0.130. The molecule has 0 unspecified atom stereocenters. The molecule has 0 rings (SSSR count). The monoisotopic (exact) mass is 232 g/mol. The lowest BCUT2D eigenvalue weighted by Gasteiger charge is -2.18. The van der Waals surface area contributed by atoms with Crippen molar-refractivity contribution in [3.63, 3.8) is 0 Å². The van der Waals surface area contributed by atoms with E-state index in [9.17, 15) is 4.79 Å². The van der Waals surface area contributed by atoms with Gasteiger partial charge in [-0.2, -0.15) is 11.8 Å². The van der Waals surface area contributed by atoms with Gasteiger partial charge in [0.15, 0.2) is 0 Å². The Balaban J connectivity index is 3.38. The van der Waals surface area contributed by atoms with Crippen LogP contribution in [0.2, 0.25) is 0 Å². The number of hydrogen-bond acceptors (Lipinski definition) is 3. The van der Waals surface area contributed by atoms with E-state index in [-0.39, 0.29) is 5.91 Å². The van der Waals surface area contributed by atoms with Gasteiger partial charge in [-0.1, -0.05) is 6.92 Å². The number of amides is 1. The third-order valence-electron chi connectivity index (χ3n) is 2.26. The molecule has 1 N–H and O–H groups in total. The van der Waals surface area contributed by atoms with Gasteiger partial charge in [-0.3, -0.25) is 4.79 Å². The molecule has 0 atom stereocenters. The summed E-state index contributed by atoms with van der Waals surface area (Å²) >= 11 is 1.92. The molecule has 1 amide bonds. The summed E-state index contributed by atoms with van der Waals surface area (Å²) in [6.07, 6.45) is 0.623. The molecule has 0 aliphatic rings. The summed E-state index contributed by atoms with van der Waals surface area (Å²) in [6.45, 7) is 9.65. The fraction of sp³-hybridized carbons (Fsp3) is 0.909. The minimum Gasteiger partial charge on any atom is -0.343 e. The van der Waals surface area contributed by atoms with E-state index in [1.54, 1.807) is 0 Å². The summed E-state index contributed by atoms with van der Waals surface area (Å²) in [6, 6.07) is 0. The lowest BCUT2D eigenvalue weighted by Crippen LogP contribution is -2.33. The highest BCUT2D eigenvalue weighted by Crippen LogP contribution is 1.96. The lowest BCUT2D eigenvalue weighted by atomic mass is 10.3. The molecule has 0 aromatic carbocycles. The van der Waals surface area contributed by atoms with E-state index in [1.165, 1.54) is 5.75 Å². The van der Waals surface area contributed by atoms with Crippen molar-refractivity contribution >= 4 is 17.7 Å². The van der Waals surface area contributed by atoms with Crippen LogP contribution in [0.3, 0.4) is 0 Å². The van der Waals surface area contributed by atoms with Crippen LogP contribution >= 0.6 is 11.8 Å². The van der Waals surface area contributed by atoms with Crippen molar-refractivity contribution in [2.75, 3.05) is 37.7 Å². The average Bonchev–Trinajstić information content (AvgIpc) is 2.25. The first-order chi connectivity index (χ1) is 7.26. The van der Waals surface area contributed by atoms with Gasteiger partial charge in [0.2, 0.25) is 5.91 Å². The quantitative estimate of drug-likeness (QED) is 0.613. The third kappa shape index (κ3) is 7.68. The molecular formula is C11H24N2OS. The highest BCUT2D eigenvalue weighted by molar-refractivity contribution is 7.99. The van der Waals surface area contributed by atoms with Gasteiger partial charge in [-0.25, -0.2) is 0 Å². The fourth-order valence-electron chi connectivity index (χ4n) is 1.34. The Morgan fingerprint density at radius 2 is 1.87 bits per heavy atom. The number of hydrogen-bond donors (Lipinski definition) is 1. The van der Waals surface area contributed by atoms with Gasteiger partial charge in [0.1, 0.15) is 0 Å². The van der Waals surface area contributed by atoms with Gasteiger partial charge < -0.3 is 10.2 Å². The molecule has 0 fully saturated rings. The predicted molar refractivity (Wildman–Crippen MR) is 68.4 cm³/mol. The first-order valence-corrected chi connectivity index (χ1v) is 6.97. The zero-order valence-corrected chi connectivity index (χ0v) is 11.0. The number of carbonyl (C=O) groups excluding carboxylic acids is 1. The Bertz CT molecular complexity index is 161. The van der Waals surface area contributed by atoms with Crippen LogP contribution in [0.15, 0.2) is 0 Å². The van der Waals surface area contributed by atoms with Crippen LogP contribution in [0.5, 0.6) is 0 Å². The highest BCUT2D eigenvalue weighted by atomic mass is 32.2. The van der Waals surface area contributed by atoms with Crippen molar-refractivity contribution in [2.24, 2.45) is 0 Å².